The minimum atomic E-state index is 0.639. The summed E-state index contributed by atoms with van der Waals surface area (Å²) < 4.78 is 0. The summed E-state index contributed by atoms with van der Waals surface area (Å²) in [5.41, 5.74) is 1.29. The van der Waals surface area contributed by atoms with Gasteiger partial charge in [0.2, 0.25) is 0 Å². The smallest absolute Gasteiger partial charge is 0.0109 e. The molecule has 0 saturated heterocycles. The molecule has 0 radical (unpaired) electrons. The monoisotopic (exact) mass is 345 g/mol. The number of hydrogen-bond acceptors (Lipinski definition) is 1. The van der Waals surface area contributed by atoms with Gasteiger partial charge in [-0.05, 0) is 98.3 Å². The number of rotatable bonds is 4. The normalized spacial score (nSPS) is 49.6. The predicted octanol–water partition coefficient (Wildman–Crippen LogP) is 6.42. The Balaban J connectivity index is 1.61. The molecule has 4 rings (SSSR count). The molecule has 1 heteroatoms. The molecule has 0 aromatic carbocycles. The van der Waals surface area contributed by atoms with Crippen LogP contribution in [0.15, 0.2) is 0 Å². The molecule has 0 aromatic heterocycles. The molecule has 0 heterocycles. The Morgan fingerprint density at radius 3 is 2.60 bits per heavy atom. The zero-order valence-corrected chi connectivity index (χ0v) is 17.4. The summed E-state index contributed by atoms with van der Waals surface area (Å²) in [6, 6.07) is 0.800. The molecule has 4 fully saturated rings. The zero-order chi connectivity index (χ0) is 17.7. The summed E-state index contributed by atoms with van der Waals surface area (Å²) in [4.78, 5) is 0. The fourth-order valence-electron chi connectivity index (χ4n) is 8.24. The average molecular weight is 346 g/mol. The van der Waals surface area contributed by atoms with Crippen molar-refractivity contribution >= 4 is 0 Å². The highest BCUT2D eigenvalue weighted by atomic mass is 14.9. The Hall–Kier alpha value is -0.0400. The van der Waals surface area contributed by atoms with Crippen molar-refractivity contribution in [2.45, 2.75) is 104 Å². The lowest BCUT2D eigenvalue weighted by Gasteiger charge is -2.62. The van der Waals surface area contributed by atoms with E-state index in [9.17, 15) is 0 Å². The Bertz CT molecular complexity index is 471. The number of nitrogens with one attached hydrogen (secondary N) is 1. The Morgan fingerprint density at radius 1 is 0.960 bits per heavy atom. The van der Waals surface area contributed by atoms with E-state index in [0.29, 0.717) is 10.8 Å². The molecule has 0 aromatic rings. The molecule has 4 saturated carbocycles. The molecule has 25 heavy (non-hydrogen) atoms. The van der Waals surface area contributed by atoms with Gasteiger partial charge in [0.15, 0.2) is 0 Å². The maximum atomic E-state index is 4.15. The van der Waals surface area contributed by atoms with Gasteiger partial charge in [-0.15, -0.1) is 0 Å². The van der Waals surface area contributed by atoms with Crippen molar-refractivity contribution in [2.75, 3.05) is 6.54 Å². The summed E-state index contributed by atoms with van der Waals surface area (Å²) in [6.45, 7) is 11.4. The van der Waals surface area contributed by atoms with Crippen LogP contribution < -0.4 is 5.32 Å². The first-order chi connectivity index (χ1) is 11.9. The first-order valence-corrected chi connectivity index (χ1v) is 11.7. The van der Waals surface area contributed by atoms with Gasteiger partial charge in [0.1, 0.15) is 0 Å². The molecule has 1 nitrogen and oxygen atoms in total. The first-order valence-electron chi connectivity index (χ1n) is 11.7. The third kappa shape index (κ3) is 3.11. The Kier molecular flexibility index (Phi) is 5.02. The second-order valence-electron chi connectivity index (χ2n) is 11.3. The van der Waals surface area contributed by atoms with Gasteiger partial charge < -0.3 is 5.32 Å². The Morgan fingerprint density at radius 2 is 1.80 bits per heavy atom. The van der Waals surface area contributed by atoms with E-state index in [1.807, 2.05) is 0 Å². The first kappa shape index (κ1) is 18.3. The van der Waals surface area contributed by atoms with Crippen LogP contribution in [0.2, 0.25) is 0 Å². The van der Waals surface area contributed by atoms with Crippen LogP contribution in [0.25, 0.3) is 0 Å². The summed E-state index contributed by atoms with van der Waals surface area (Å²) in [6.07, 6.45) is 16.5. The molecule has 1 N–H and O–H groups in total. The lowest BCUT2D eigenvalue weighted by molar-refractivity contribution is -0.120. The average Bonchev–Trinajstić information content (AvgIpc) is 2.95. The molecule has 0 unspecified atom stereocenters. The van der Waals surface area contributed by atoms with Crippen LogP contribution in [0.4, 0.5) is 0 Å². The fraction of sp³-hybridized carbons (Fsp3) is 1.00. The minimum Gasteiger partial charge on any atom is -0.314 e. The third-order valence-electron chi connectivity index (χ3n) is 9.44. The van der Waals surface area contributed by atoms with Crippen molar-refractivity contribution < 1.29 is 0 Å². The van der Waals surface area contributed by atoms with Gasteiger partial charge in [-0.3, -0.25) is 0 Å². The molecular formula is C24H43N. The van der Waals surface area contributed by atoms with Gasteiger partial charge in [-0.25, -0.2) is 0 Å². The Labute approximate surface area is 157 Å². The van der Waals surface area contributed by atoms with E-state index >= 15 is 0 Å². The molecule has 4 aliphatic carbocycles. The predicted molar refractivity (Wildman–Crippen MR) is 108 cm³/mol. The van der Waals surface area contributed by atoms with Crippen LogP contribution in [0.3, 0.4) is 0 Å². The van der Waals surface area contributed by atoms with E-state index in [0.717, 1.165) is 35.6 Å². The second-order valence-corrected chi connectivity index (χ2v) is 11.3. The lowest BCUT2D eigenvalue weighted by Crippen LogP contribution is -2.61. The van der Waals surface area contributed by atoms with Crippen LogP contribution in [0.5, 0.6) is 0 Å². The summed E-state index contributed by atoms with van der Waals surface area (Å²) in [5.74, 6) is 4.89. The van der Waals surface area contributed by atoms with Crippen molar-refractivity contribution in [3.05, 3.63) is 0 Å². The maximum Gasteiger partial charge on any atom is 0.0109 e. The van der Waals surface area contributed by atoms with E-state index in [2.05, 4.69) is 33.0 Å². The quantitative estimate of drug-likeness (QED) is 0.619. The standard InChI is InChI=1S/C24H43N/c1-17(2)12-15-25-21-16-23(3)13-7-9-20(23)19-11-10-18-8-5-6-14-24(18,4)22(19)21/h17-22,25H,5-16H2,1-4H3/t18-,19+,20+,21-,22-,23+,24+/m1/s1. The summed E-state index contributed by atoms with van der Waals surface area (Å²) >= 11 is 0. The van der Waals surface area contributed by atoms with Crippen molar-refractivity contribution in [3.8, 4) is 0 Å². The van der Waals surface area contributed by atoms with Gasteiger partial charge in [-0.2, -0.15) is 0 Å². The van der Waals surface area contributed by atoms with Crippen LogP contribution in [0.1, 0.15) is 98.3 Å². The fourth-order valence-corrected chi connectivity index (χ4v) is 8.24. The topological polar surface area (TPSA) is 12.0 Å². The molecule has 0 aliphatic heterocycles. The van der Waals surface area contributed by atoms with Gasteiger partial charge in [0.25, 0.3) is 0 Å². The number of hydrogen-bond donors (Lipinski definition) is 1. The van der Waals surface area contributed by atoms with Crippen molar-refractivity contribution in [2.24, 2.45) is 40.4 Å². The van der Waals surface area contributed by atoms with E-state index < -0.39 is 0 Å². The molecule has 0 bridgehead atoms. The van der Waals surface area contributed by atoms with Crippen LogP contribution in [0, 0.1) is 40.4 Å². The molecular weight excluding hydrogens is 302 g/mol. The van der Waals surface area contributed by atoms with Crippen molar-refractivity contribution in [1.82, 2.24) is 5.32 Å². The minimum absolute atomic E-state index is 0.639. The van der Waals surface area contributed by atoms with Gasteiger partial charge in [0.05, 0.1) is 0 Å². The molecule has 144 valence electrons. The van der Waals surface area contributed by atoms with Gasteiger partial charge in [-0.1, -0.05) is 47.0 Å². The second kappa shape index (κ2) is 6.84. The van der Waals surface area contributed by atoms with E-state index in [1.165, 1.54) is 64.3 Å². The lowest BCUT2D eigenvalue weighted by atomic mass is 9.44. The summed E-state index contributed by atoms with van der Waals surface area (Å²) in [5, 5.41) is 4.15. The van der Waals surface area contributed by atoms with Gasteiger partial charge >= 0.3 is 0 Å². The zero-order valence-electron chi connectivity index (χ0n) is 17.4. The largest absolute Gasteiger partial charge is 0.314 e. The molecule has 0 amide bonds. The molecule has 0 spiro atoms. The van der Waals surface area contributed by atoms with E-state index in [-0.39, 0.29) is 0 Å². The van der Waals surface area contributed by atoms with Crippen molar-refractivity contribution in [1.29, 1.82) is 0 Å². The van der Waals surface area contributed by atoms with Crippen LogP contribution >= 0.6 is 0 Å². The highest BCUT2D eigenvalue weighted by Gasteiger charge is 2.60. The third-order valence-corrected chi connectivity index (χ3v) is 9.44. The molecule has 7 atom stereocenters. The molecule has 4 aliphatic rings. The van der Waals surface area contributed by atoms with Gasteiger partial charge in [0, 0.05) is 6.04 Å². The highest BCUT2D eigenvalue weighted by molar-refractivity contribution is 5.11. The maximum absolute atomic E-state index is 4.15. The van der Waals surface area contributed by atoms with Crippen LogP contribution in [-0.4, -0.2) is 12.6 Å². The highest BCUT2D eigenvalue weighted by Crippen LogP contribution is 2.66. The van der Waals surface area contributed by atoms with Crippen LogP contribution in [-0.2, 0) is 0 Å². The van der Waals surface area contributed by atoms with E-state index in [4.69, 9.17) is 0 Å². The van der Waals surface area contributed by atoms with Crippen molar-refractivity contribution in [3.63, 3.8) is 0 Å². The SMILES string of the molecule is CC(C)CCN[C@@H]1C[C@]2(C)CCC[C@H]2[C@@H]2CC[C@H]3CCCC[C@]3(C)[C@H]21. The van der Waals surface area contributed by atoms with E-state index in [1.54, 1.807) is 12.8 Å². The summed E-state index contributed by atoms with van der Waals surface area (Å²) in [7, 11) is 0. The number of fused-ring (bicyclic) bond motifs is 5.